The van der Waals surface area contributed by atoms with E-state index < -0.39 is 0 Å². The average Bonchev–Trinajstić information content (AvgIpc) is 3.20. The second-order valence-electron chi connectivity index (χ2n) is 10.2. The Morgan fingerprint density at radius 1 is 1.18 bits per heavy atom. The van der Waals surface area contributed by atoms with Gasteiger partial charge in [0, 0.05) is 37.2 Å². The zero-order chi connectivity index (χ0) is 24.7. The Morgan fingerprint density at radius 3 is 2.50 bits per heavy atom. The third-order valence-electron chi connectivity index (χ3n) is 6.37. The first-order chi connectivity index (χ1) is 16.3. The fraction of sp³-hybridized carbons (Fsp3) is 0.536. The molecule has 1 saturated heterocycles. The van der Waals surface area contributed by atoms with Crippen LogP contribution in [0.5, 0.6) is 0 Å². The fourth-order valence-corrected chi connectivity index (χ4v) is 4.73. The van der Waals surface area contributed by atoms with Gasteiger partial charge in [0.1, 0.15) is 6.10 Å². The first-order valence-electron chi connectivity index (χ1n) is 12.5. The number of carbonyl (C=O) groups is 1. The normalized spacial score (nSPS) is 19.6. The van der Waals surface area contributed by atoms with Gasteiger partial charge in [0.2, 0.25) is 0 Å². The lowest BCUT2D eigenvalue weighted by atomic mass is 9.99. The van der Waals surface area contributed by atoms with Gasteiger partial charge in [0.15, 0.2) is 0 Å². The molecule has 3 rings (SSSR count). The van der Waals surface area contributed by atoms with Crippen LogP contribution in [-0.2, 0) is 11.4 Å². The predicted octanol–water partition coefficient (Wildman–Crippen LogP) is 4.19. The molecule has 1 fully saturated rings. The third kappa shape index (κ3) is 7.37. The number of amides is 1. The lowest BCUT2D eigenvalue weighted by Gasteiger charge is -2.24. The number of aliphatic hydroxyl groups is 1. The molecule has 186 valence electrons. The van der Waals surface area contributed by atoms with E-state index in [0.717, 1.165) is 42.6 Å². The number of nitrogens with zero attached hydrogens (tertiary/aromatic N) is 2. The largest absolute Gasteiger partial charge is 0.394 e. The van der Waals surface area contributed by atoms with Crippen LogP contribution in [0.25, 0.3) is 11.1 Å². The molecular formula is C28H41N3O3. The summed E-state index contributed by atoms with van der Waals surface area (Å²) in [5.41, 5.74) is 3.91. The Morgan fingerprint density at radius 2 is 1.88 bits per heavy atom. The number of rotatable bonds is 11. The van der Waals surface area contributed by atoms with Crippen molar-refractivity contribution in [2.75, 3.05) is 33.8 Å². The molecule has 0 saturated carbocycles. The third-order valence-corrected chi connectivity index (χ3v) is 6.37. The van der Waals surface area contributed by atoms with Crippen molar-refractivity contribution in [2.45, 2.75) is 52.3 Å². The molecule has 0 aromatic heterocycles. The second kappa shape index (κ2) is 12.5. The number of nitrogens with one attached hydrogen (secondary N) is 1. The van der Waals surface area contributed by atoms with Crippen molar-refractivity contribution in [1.29, 1.82) is 0 Å². The lowest BCUT2D eigenvalue weighted by Crippen LogP contribution is -2.42. The number of hydroxylamine groups is 2. The molecule has 1 heterocycles. The topological polar surface area (TPSA) is 65.0 Å². The van der Waals surface area contributed by atoms with Crippen LogP contribution in [0.15, 0.2) is 48.5 Å². The number of benzene rings is 2. The first-order valence-corrected chi connectivity index (χ1v) is 12.5. The van der Waals surface area contributed by atoms with Gasteiger partial charge in [-0.15, -0.1) is 0 Å². The Bertz CT molecular complexity index is 909. The molecule has 2 aromatic rings. The van der Waals surface area contributed by atoms with Crippen LogP contribution in [0, 0.1) is 11.8 Å². The highest BCUT2D eigenvalue weighted by atomic mass is 16.7. The molecule has 0 aliphatic carbocycles. The van der Waals surface area contributed by atoms with Gasteiger partial charge in [0.05, 0.1) is 6.61 Å². The Balaban J connectivity index is 1.71. The van der Waals surface area contributed by atoms with Gasteiger partial charge in [0.25, 0.3) is 5.91 Å². The van der Waals surface area contributed by atoms with E-state index in [-0.39, 0.29) is 24.7 Å². The standard InChI is InChI=1S/C28H41N3O3/c1-6-22-17-31(34-27(22)19-32)16-21-9-7-10-23(14-21)24-11-8-12-25(15-24)28(33)29-26(13-20(2)3)18-30(4)5/h7-12,14-15,20,22,26-27,32H,6,13,16-19H2,1-5H3,(H,29,33)/t22-,26+,27-/m0/s1. The molecule has 6 heteroatoms. The van der Waals surface area contributed by atoms with Crippen molar-refractivity contribution in [2.24, 2.45) is 11.8 Å². The summed E-state index contributed by atoms with van der Waals surface area (Å²) < 4.78 is 0. The highest BCUT2D eigenvalue weighted by Gasteiger charge is 2.32. The molecule has 0 bridgehead atoms. The van der Waals surface area contributed by atoms with E-state index in [1.807, 2.05) is 49.5 Å². The number of hydrogen-bond donors (Lipinski definition) is 2. The summed E-state index contributed by atoms with van der Waals surface area (Å²) in [4.78, 5) is 21.1. The van der Waals surface area contributed by atoms with Crippen LogP contribution in [0.4, 0.5) is 0 Å². The molecule has 3 atom stereocenters. The summed E-state index contributed by atoms with van der Waals surface area (Å²) in [6.45, 7) is 8.87. The van der Waals surface area contributed by atoms with Gasteiger partial charge in [-0.1, -0.05) is 51.1 Å². The maximum absolute atomic E-state index is 13.0. The van der Waals surface area contributed by atoms with Crippen LogP contribution in [0.1, 0.15) is 49.5 Å². The van der Waals surface area contributed by atoms with Crippen molar-refractivity contribution in [3.63, 3.8) is 0 Å². The van der Waals surface area contributed by atoms with E-state index in [1.54, 1.807) is 0 Å². The van der Waals surface area contributed by atoms with E-state index in [4.69, 9.17) is 4.84 Å². The average molecular weight is 468 g/mol. The molecule has 1 aliphatic heterocycles. The van der Waals surface area contributed by atoms with E-state index >= 15 is 0 Å². The summed E-state index contributed by atoms with van der Waals surface area (Å²) in [6, 6.07) is 16.3. The maximum atomic E-state index is 13.0. The van der Waals surface area contributed by atoms with E-state index in [0.29, 0.717) is 23.9 Å². The van der Waals surface area contributed by atoms with Gasteiger partial charge in [-0.25, -0.2) is 0 Å². The molecule has 2 aromatic carbocycles. The Labute approximate surface area is 204 Å². The van der Waals surface area contributed by atoms with Gasteiger partial charge >= 0.3 is 0 Å². The molecule has 1 amide bonds. The van der Waals surface area contributed by atoms with Crippen molar-refractivity contribution in [1.82, 2.24) is 15.3 Å². The van der Waals surface area contributed by atoms with Gasteiger partial charge in [-0.2, -0.15) is 5.06 Å². The zero-order valence-corrected chi connectivity index (χ0v) is 21.3. The number of likely N-dealkylation sites (N-methyl/N-ethyl adjacent to an activating group) is 1. The van der Waals surface area contributed by atoms with Crippen LogP contribution >= 0.6 is 0 Å². The minimum absolute atomic E-state index is 0.0309. The van der Waals surface area contributed by atoms with Crippen molar-refractivity contribution in [3.8, 4) is 11.1 Å². The first kappa shape index (κ1) is 26.4. The minimum Gasteiger partial charge on any atom is -0.394 e. The highest BCUT2D eigenvalue weighted by Crippen LogP contribution is 2.27. The Kier molecular flexibility index (Phi) is 9.65. The summed E-state index contributed by atoms with van der Waals surface area (Å²) in [5.74, 6) is 0.839. The van der Waals surface area contributed by atoms with E-state index in [2.05, 4.69) is 49.2 Å². The predicted molar refractivity (Wildman–Crippen MR) is 137 cm³/mol. The fourth-order valence-electron chi connectivity index (χ4n) is 4.73. The van der Waals surface area contributed by atoms with Crippen LogP contribution in [0.3, 0.4) is 0 Å². The maximum Gasteiger partial charge on any atom is 0.251 e. The van der Waals surface area contributed by atoms with Crippen molar-refractivity contribution < 1.29 is 14.7 Å². The van der Waals surface area contributed by atoms with E-state index in [1.165, 1.54) is 0 Å². The van der Waals surface area contributed by atoms with E-state index in [9.17, 15) is 9.90 Å². The molecule has 1 aliphatic rings. The molecule has 0 radical (unpaired) electrons. The SMILES string of the molecule is CC[C@H]1CN(Cc2cccc(-c3cccc(C(=O)N[C@H](CC(C)C)CN(C)C)c3)c2)O[C@H]1CO. The molecule has 34 heavy (non-hydrogen) atoms. The summed E-state index contributed by atoms with van der Waals surface area (Å²) in [7, 11) is 4.07. The molecule has 2 N–H and O–H groups in total. The monoisotopic (exact) mass is 467 g/mol. The molecular weight excluding hydrogens is 426 g/mol. The number of hydrogen-bond acceptors (Lipinski definition) is 5. The van der Waals surface area contributed by atoms with Crippen molar-refractivity contribution >= 4 is 5.91 Å². The van der Waals surface area contributed by atoms with Gasteiger partial charge in [-0.3, -0.25) is 9.63 Å². The minimum atomic E-state index is -0.115. The molecule has 6 nitrogen and oxygen atoms in total. The highest BCUT2D eigenvalue weighted by molar-refractivity contribution is 5.95. The van der Waals surface area contributed by atoms with Gasteiger partial charge in [-0.05, 0) is 67.7 Å². The Hall–Kier alpha value is -2.25. The summed E-state index contributed by atoms with van der Waals surface area (Å²) in [6.07, 6.45) is 1.82. The second-order valence-corrected chi connectivity index (χ2v) is 10.2. The lowest BCUT2D eigenvalue weighted by molar-refractivity contribution is -0.163. The van der Waals surface area contributed by atoms with Crippen LogP contribution in [-0.4, -0.2) is 66.9 Å². The quantitative estimate of drug-likeness (QED) is 0.519. The van der Waals surface area contributed by atoms with Crippen LogP contribution < -0.4 is 5.32 Å². The summed E-state index contributed by atoms with van der Waals surface area (Å²) >= 11 is 0. The molecule has 0 unspecified atom stereocenters. The number of aliphatic hydroxyl groups excluding tert-OH is 1. The molecule has 0 spiro atoms. The zero-order valence-electron chi connectivity index (χ0n) is 21.3. The van der Waals surface area contributed by atoms with Gasteiger partial charge < -0.3 is 15.3 Å². The van der Waals surface area contributed by atoms with Crippen LogP contribution in [0.2, 0.25) is 0 Å². The smallest absolute Gasteiger partial charge is 0.251 e. The van der Waals surface area contributed by atoms with Crippen molar-refractivity contribution in [3.05, 3.63) is 59.7 Å². The number of carbonyl (C=O) groups excluding carboxylic acids is 1. The summed E-state index contributed by atoms with van der Waals surface area (Å²) in [5, 5.41) is 14.8.